The van der Waals surface area contributed by atoms with E-state index in [-0.39, 0.29) is 5.91 Å². The Balaban J connectivity index is 1.80. The second-order valence-electron chi connectivity index (χ2n) is 6.22. The van der Waals surface area contributed by atoms with E-state index in [0.717, 1.165) is 29.9 Å². The van der Waals surface area contributed by atoms with Crippen LogP contribution in [0.4, 0.5) is 0 Å². The summed E-state index contributed by atoms with van der Waals surface area (Å²) in [6.07, 6.45) is 7.85. The van der Waals surface area contributed by atoms with Crippen LogP contribution in [0.2, 0.25) is 0 Å². The van der Waals surface area contributed by atoms with Crippen LogP contribution in [-0.2, 0) is 17.8 Å². The summed E-state index contributed by atoms with van der Waals surface area (Å²) < 4.78 is 0. The van der Waals surface area contributed by atoms with E-state index in [0.29, 0.717) is 19.0 Å². The molecule has 0 unspecified atom stereocenters. The van der Waals surface area contributed by atoms with Crippen LogP contribution in [-0.4, -0.2) is 11.9 Å². The van der Waals surface area contributed by atoms with Gasteiger partial charge < -0.3 is 11.1 Å². The largest absolute Gasteiger partial charge is 0.353 e. The summed E-state index contributed by atoms with van der Waals surface area (Å²) >= 11 is 0. The van der Waals surface area contributed by atoms with Gasteiger partial charge in [-0.1, -0.05) is 44.0 Å². The third kappa shape index (κ3) is 4.85. The second-order valence-corrected chi connectivity index (χ2v) is 6.22. The van der Waals surface area contributed by atoms with E-state index in [4.69, 9.17) is 5.73 Å². The van der Waals surface area contributed by atoms with Crippen molar-refractivity contribution < 1.29 is 4.79 Å². The van der Waals surface area contributed by atoms with Gasteiger partial charge in [-0.15, -0.1) is 0 Å². The van der Waals surface area contributed by atoms with Crippen LogP contribution in [0.25, 0.3) is 0 Å². The van der Waals surface area contributed by atoms with Gasteiger partial charge in [0.25, 0.3) is 0 Å². The zero-order chi connectivity index (χ0) is 15.1. The summed E-state index contributed by atoms with van der Waals surface area (Å²) in [6, 6.07) is 8.31. The molecule has 0 bridgehead atoms. The average Bonchev–Trinajstić information content (AvgIpc) is 2.50. The highest BCUT2D eigenvalue weighted by Gasteiger charge is 2.21. The van der Waals surface area contributed by atoms with Crippen molar-refractivity contribution in [2.45, 2.75) is 64.5 Å². The number of amides is 1. The van der Waals surface area contributed by atoms with E-state index in [1.54, 1.807) is 0 Å². The number of carbonyl (C=O) groups excluding carboxylic acids is 1. The van der Waals surface area contributed by atoms with E-state index < -0.39 is 0 Å². The molecule has 1 fully saturated rings. The quantitative estimate of drug-likeness (QED) is 0.845. The third-order valence-corrected chi connectivity index (χ3v) is 4.60. The van der Waals surface area contributed by atoms with Gasteiger partial charge in [0.1, 0.15) is 0 Å². The minimum Gasteiger partial charge on any atom is -0.353 e. The van der Waals surface area contributed by atoms with E-state index >= 15 is 0 Å². The molecule has 1 aromatic rings. The molecule has 1 saturated carbocycles. The zero-order valence-electron chi connectivity index (χ0n) is 13.1. The summed E-state index contributed by atoms with van der Waals surface area (Å²) in [6.45, 7) is 2.74. The number of nitrogens with one attached hydrogen (secondary N) is 1. The predicted octanol–water partition coefficient (Wildman–Crippen LogP) is 3.16. The molecule has 116 valence electrons. The minimum absolute atomic E-state index is 0.134. The first kappa shape index (κ1) is 16.0. The predicted molar refractivity (Wildman–Crippen MR) is 86.8 cm³/mol. The van der Waals surface area contributed by atoms with Crippen LogP contribution in [0.1, 0.15) is 56.6 Å². The fourth-order valence-corrected chi connectivity index (χ4v) is 3.38. The Labute approximate surface area is 128 Å². The van der Waals surface area contributed by atoms with E-state index in [1.165, 1.54) is 25.7 Å². The van der Waals surface area contributed by atoms with Crippen LogP contribution in [0, 0.1) is 5.92 Å². The van der Waals surface area contributed by atoms with Gasteiger partial charge in [-0.05, 0) is 42.7 Å². The van der Waals surface area contributed by atoms with Crippen LogP contribution in [0.3, 0.4) is 0 Å². The molecule has 0 heterocycles. The molecule has 2 rings (SSSR count). The first-order chi connectivity index (χ1) is 10.2. The fourth-order valence-electron chi connectivity index (χ4n) is 3.38. The molecule has 0 aromatic heterocycles. The number of hydrogen-bond acceptors (Lipinski definition) is 2. The lowest BCUT2D eigenvalue weighted by Gasteiger charge is -2.29. The monoisotopic (exact) mass is 288 g/mol. The van der Waals surface area contributed by atoms with Crippen molar-refractivity contribution in [1.29, 1.82) is 0 Å². The van der Waals surface area contributed by atoms with Crippen molar-refractivity contribution in [2.75, 3.05) is 0 Å². The lowest BCUT2D eigenvalue weighted by molar-refractivity contribution is -0.121. The molecule has 0 aliphatic heterocycles. The molecule has 0 radical (unpaired) electrons. The Morgan fingerprint density at radius 2 is 1.86 bits per heavy atom. The fraction of sp³-hybridized carbons (Fsp3) is 0.611. The summed E-state index contributed by atoms with van der Waals surface area (Å²) in [5.74, 6) is 1.01. The van der Waals surface area contributed by atoms with E-state index in [1.807, 2.05) is 24.3 Å². The van der Waals surface area contributed by atoms with E-state index in [2.05, 4.69) is 12.2 Å². The third-order valence-electron chi connectivity index (χ3n) is 4.60. The van der Waals surface area contributed by atoms with Gasteiger partial charge in [0.05, 0.1) is 6.42 Å². The number of rotatable bonds is 6. The maximum atomic E-state index is 12.2. The number of carbonyl (C=O) groups is 1. The van der Waals surface area contributed by atoms with Gasteiger partial charge in [-0.2, -0.15) is 0 Å². The molecule has 21 heavy (non-hydrogen) atoms. The molecular formula is C18H28N2O. The van der Waals surface area contributed by atoms with Gasteiger partial charge in [-0.25, -0.2) is 0 Å². The van der Waals surface area contributed by atoms with E-state index in [9.17, 15) is 4.79 Å². The Hall–Kier alpha value is -1.35. The Kier molecular flexibility index (Phi) is 6.24. The van der Waals surface area contributed by atoms with Gasteiger partial charge >= 0.3 is 0 Å². The summed E-state index contributed by atoms with van der Waals surface area (Å²) in [4.78, 5) is 12.2. The van der Waals surface area contributed by atoms with Crippen LogP contribution in [0.15, 0.2) is 24.3 Å². The van der Waals surface area contributed by atoms with Crippen LogP contribution >= 0.6 is 0 Å². The molecule has 1 aliphatic rings. The van der Waals surface area contributed by atoms with Crippen LogP contribution in [0.5, 0.6) is 0 Å². The maximum Gasteiger partial charge on any atom is 0.224 e. The number of benzene rings is 1. The number of hydrogen-bond donors (Lipinski definition) is 2. The highest BCUT2D eigenvalue weighted by Crippen LogP contribution is 2.27. The number of nitrogens with two attached hydrogens (primary N) is 1. The van der Waals surface area contributed by atoms with Crippen molar-refractivity contribution in [3.05, 3.63) is 35.4 Å². The molecule has 3 N–H and O–H groups in total. The minimum atomic E-state index is 0.134. The SMILES string of the molecule is CCCC1CCC(NC(=O)Cc2ccccc2CN)CC1. The van der Waals surface area contributed by atoms with Crippen molar-refractivity contribution in [2.24, 2.45) is 11.7 Å². The zero-order valence-corrected chi connectivity index (χ0v) is 13.1. The molecule has 0 saturated heterocycles. The average molecular weight is 288 g/mol. The summed E-state index contributed by atoms with van der Waals surface area (Å²) in [5.41, 5.74) is 7.84. The van der Waals surface area contributed by atoms with Gasteiger partial charge in [0.15, 0.2) is 0 Å². The van der Waals surface area contributed by atoms with Gasteiger partial charge in [0.2, 0.25) is 5.91 Å². The van der Waals surface area contributed by atoms with Crippen molar-refractivity contribution in [3.63, 3.8) is 0 Å². The normalized spacial score (nSPS) is 22.0. The molecule has 1 aromatic carbocycles. The summed E-state index contributed by atoms with van der Waals surface area (Å²) in [7, 11) is 0. The smallest absolute Gasteiger partial charge is 0.224 e. The lowest BCUT2D eigenvalue weighted by atomic mass is 9.83. The standard InChI is InChI=1S/C18H28N2O/c1-2-5-14-8-10-17(11-9-14)20-18(21)12-15-6-3-4-7-16(15)13-19/h3-4,6-7,14,17H,2,5,8-13,19H2,1H3,(H,20,21). The lowest BCUT2D eigenvalue weighted by Crippen LogP contribution is -2.38. The first-order valence-corrected chi connectivity index (χ1v) is 8.29. The van der Waals surface area contributed by atoms with Crippen molar-refractivity contribution in [1.82, 2.24) is 5.32 Å². The Bertz CT molecular complexity index is 450. The van der Waals surface area contributed by atoms with Crippen LogP contribution < -0.4 is 11.1 Å². The molecule has 0 atom stereocenters. The second kappa shape index (κ2) is 8.18. The Morgan fingerprint density at radius 1 is 1.19 bits per heavy atom. The molecule has 3 heteroatoms. The van der Waals surface area contributed by atoms with Gasteiger partial charge in [-0.3, -0.25) is 4.79 Å². The maximum absolute atomic E-state index is 12.2. The Morgan fingerprint density at radius 3 is 2.48 bits per heavy atom. The van der Waals surface area contributed by atoms with Gasteiger partial charge in [0, 0.05) is 12.6 Å². The molecule has 1 amide bonds. The summed E-state index contributed by atoms with van der Waals surface area (Å²) in [5, 5.41) is 3.20. The van der Waals surface area contributed by atoms with Crippen molar-refractivity contribution in [3.8, 4) is 0 Å². The molecule has 3 nitrogen and oxygen atoms in total. The van der Waals surface area contributed by atoms with Crippen molar-refractivity contribution >= 4 is 5.91 Å². The first-order valence-electron chi connectivity index (χ1n) is 8.29. The topological polar surface area (TPSA) is 55.1 Å². The molecular weight excluding hydrogens is 260 g/mol. The highest BCUT2D eigenvalue weighted by atomic mass is 16.1. The highest BCUT2D eigenvalue weighted by molar-refractivity contribution is 5.79. The molecule has 0 spiro atoms. The molecule has 1 aliphatic carbocycles.